The third-order valence-electron chi connectivity index (χ3n) is 5.27. The monoisotopic (exact) mass is 541 g/mol. The maximum Gasteiger partial charge on any atom is 0.194 e. The molecule has 2 N–H and O–H groups in total. The van der Waals surface area contributed by atoms with Crippen molar-refractivity contribution in [3.8, 4) is 17.2 Å². The molecule has 1 aliphatic rings. The highest BCUT2D eigenvalue weighted by Gasteiger charge is 2.22. The molecule has 1 atom stereocenters. The van der Waals surface area contributed by atoms with Crippen LogP contribution in [-0.2, 0) is 13.0 Å². The number of guanidine groups is 1. The van der Waals surface area contributed by atoms with Crippen LogP contribution in [0.3, 0.4) is 0 Å². The third kappa shape index (κ3) is 6.16. The number of hydrogen-bond donors (Lipinski definition) is 2. The van der Waals surface area contributed by atoms with E-state index in [1.165, 1.54) is 11.1 Å². The van der Waals surface area contributed by atoms with Crippen LogP contribution in [0.15, 0.2) is 41.4 Å². The number of fused-ring (bicyclic) bond motifs is 1. The van der Waals surface area contributed by atoms with Crippen LogP contribution in [0.2, 0.25) is 0 Å². The molecule has 0 spiro atoms. The van der Waals surface area contributed by atoms with Gasteiger partial charge < -0.3 is 29.5 Å². The van der Waals surface area contributed by atoms with E-state index in [9.17, 15) is 5.11 Å². The van der Waals surface area contributed by atoms with Crippen LogP contribution >= 0.6 is 24.0 Å². The van der Waals surface area contributed by atoms with Crippen LogP contribution < -0.4 is 19.5 Å². The average Bonchev–Trinajstić information content (AvgIpc) is 2.80. The van der Waals surface area contributed by atoms with Gasteiger partial charge in [-0.1, -0.05) is 12.1 Å². The Labute approximate surface area is 201 Å². The number of aliphatic hydroxyl groups is 1. The predicted octanol–water partition coefficient (Wildman–Crippen LogP) is 3.39. The van der Waals surface area contributed by atoms with Crippen molar-refractivity contribution >= 4 is 29.9 Å². The minimum atomic E-state index is -0.675. The number of halogens is 1. The molecular weight excluding hydrogens is 509 g/mol. The smallest absolute Gasteiger partial charge is 0.194 e. The summed E-state index contributed by atoms with van der Waals surface area (Å²) in [6.07, 6.45) is 0.215. The highest BCUT2D eigenvalue weighted by molar-refractivity contribution is 14.0. The van der Waals surface area contributed by atoms with Crippen molar-refractivity contribution in [2.75, 3.05) is 41.0 Å². The van der Waals surface area contributed by atoms with Crippen LogP contribution in [0, 0.1) is 0 Å². The summed E-state index contributed by atoms with van der Waals surface area (Å²) in [4.78, 5) is 6.91. The Morgan fingerprint density at radius 1 is 1.06 bits per heavy atom. The van der Waals surface area contributed by atoms with Crippen molar-refractivity contribution < 1.29 is 19.3 Å². The lowest BCUT2D eigenvalue weighted by Gasteiger charge is -2.32. The Bertz CT molecular complexity index is 874. The summed E-state index contributed by atoms with van der Waals surface area (Å²) >= 11 is 0. The lowest BCUT2D eigenvalue weighted by Crippen LogP contribution is -2.44. The first-order valence-corrected chi connectivity index (χ1v) is 10.2. The van der Waals surface area contributed by atoms with Gasteiger partial charge in [0.25, 0.3) is 0 Å². The number of nitrogens with zero attached hydrogens (tertiary/aromatic N) is 2. The van der Waals surface area contributed by atoms with E-state index < -0.39 is 6.10 Å². The van der Waals surface area contributed by atoms with Crippen molar-refractivity contribution in [2.45, 2.75) is 26.0 Å². The van der Waals surface area contributed by atoms with Gasteiger partial charge in [0.1, 0.15) is 5.75 Å². The topological polar surface area (TPSA) is 75.6 Å². The molecule has 8 heteroatoms. The molecule has 1 unspecified atom stereocenters. The number of hydrogen-bond acceptors (Lipinski definition) is 5. The fourth-order valence-corrected chi connectivity index (χ4v) is 3.59. The Kier molecular flexibility index (Phi) is 9.70. The maximum atomic E-state index is 10.6. The Morgan fingerprint density at radius 2 is 1.71 bits per heavy atom. The van der Waals surface area contributed by atoms with Gasteiger partial charge in [-0.2, -0.15) is 0 Å². The first kappa shape index (κ1) is 25.1. The van der Waals surface area contributed by atoms with E-state index >= 15 is 0 Å². The summed E-state index contributed by atoms with van der Waals surface area (Å²) in [6, 6.07) is 11.5. The standard InChI is InChI=1S/C23H31N3O4.HI/c1-5-24-23(25-14-20(27)16-6-8-19(28-2)9-7-16)26-11-10-17-12-21(29-3)22(30-4)13-18(17)15-26;/h6-9,12-13,20,27H,5,10-11,14-15H2,1-4H3,(H,24,25);1H. The second-order valence-corrected chi connectivity index (χ2v) is 7.13. The molecule has 0 saturated carbocycles. The molecule has 3 rings (SSSR count). The zero-order valence-electron chi connectivity index (χ0n) is 18.6. The fourth-order valence-electron chi connectivity index (χ4n) is 3.59. The molecule has 170 valence electrons. The van der Waals surface area contributed by atoms with Gasteiger partial charge >= 0.3 is 0 Å². The molecule has 0 bridgehead atoms. The van der Waals surface area contributed by atoms with Gasteiger partial charge in [-0.05, 0) is 54.3 Å². The largest absolute Gasteiger partial charge is 0.497 e. The molecule has 31 heavy (non-hydrogen) atoms. The second kappa shape index (κ2) is 12.0. The summed E-state index contributed by atoms with van der Waals surface area (Å²) in [5, 5.41) is 13.9. The zero-order valence-corrected chi connectivity index (χ0v) is 20.9. The molecular formula is C23H32IN3O4. The molecule has 0 radical (unpaired) electrons. The zero-order chi connectivity index (χ0) is 21.5. The van der Waals surface area contributed by atoms with Gasteiger partial charge in [-0.15, -0.1) is 24.0 Å². The molecule has 1 heterocycles. The molecule has 2 aromatic carbocycles. The van der Waals surface area contributed by atoms with Gasteiger partial charge in [0.05, 0.1) is 34.0 Å². The summed E-state index contributed by atoms with van der Waals surface area (Å²) in [5.41, 5.74) is 3.27. The number of rotatable bonds is 7. The predicted molar refractivity (Wildman–Crippen MR) is 133 cm³/mol. The van der Waals surface area contributed by atoms with Gasteiger partial charge in [0.2, 0.25) is 0 Å². The van der Waals surface area contributed by atoms with Crippen LogP contribution in [0.5, 0.6) is 17.2 Å². The van der Waals surface area contributed by atoms with Gasteiger partial charge in [-0.3, -0.25) is 4.99 Å². The molecule has 0 saturated heterocycles. The number of aliphatic imine (C=N–C) groups is 1. The van der Waals surface area contributed by atoms with Crippen LogP contribution in [0.1, 0.15) is 29.7 Å². The SMILES string of the molecule is CCNC(=NCC(O)c1ccc(OC)cc1)N1CCc2cc(OC)c(OC)cc2C1.I. The Balaban J connectivity index is 0.00000341. The molecule has 2 aromatic rings. The Morgan fingerprint density at radius 3 is 2.29 bits per heavy atom. The normalized spacial score (nSPS) is 14.2. The molecule has 0 amide bonds. The van der Waals surface area contributed by atoms with Gasteiger partial charge in [0, 0.05) is 19.6 Å². The van der Waals surface area contributed by atoms with Crippen LogP contribution in [-0.4, -0.2) is 56.9 Å². The van der Waals surface area contributed by atoms with Crippen LogP contribution in [0.4, 0.5) is 0 Å². The quantitative estimate of drug-likeness (QED) is 0.318. The lowest BCUT2D eigenvalue weighted by atomic mass is 9.99. The Hall–Kier alpha value is -2.20. The summed E-state index contributed by atoms with van der Waals surface area (Å²) in [6.45, 7) is 4.64. The molecule has 1 aliphatic heterocycles. The molecule has 0 fully saturated rings. The molecule has 0 aromatic heterocycles. The number of ether oxygens (including phenoxy) is 3. The third-order valence-corrected chi connectivity index (χ3v) is 5.27. The van der Waals surface area contributed by atoms with Crippen molar-refractivity contribution in [1.29, 1.82) is 0 Å². The van der Waals surface area contributed by atoms with E-state index in [0.29, 0.717) is 0 Å². The summed E-state index contributed by atoms with van der Waals surface area (Å²) in [7, 11) is 4.93. The van der Waals surface area contributed by atoms with E-state index in [2.05, 4.69) is 16.3 Å². The first-order valence-electron chi connectivity index (χ1n) is 10.2. The van der Waals surface area contributed by atoms with E-state index in [1.807, 2.05) is 37.3 Å². The van der Waals surface area contributed by atoms with Gasteiger partial charge in [-0.25, -0.2) is 0 Å². The van der Waals surface area contributed by atoms with E-state index in [-0.39, 0.29) is 30.5 Å². The number of benzene rings is 2. The van der Waals surface area contributed by atoms with E-state index in [1.54, 1.807) is 21.3 Å². The average molecular weight is 541 g/mol. The van der Waals surface area contributed by atoms with E-state index in [0.717, 1.165) is 54.8 Å². The van der Waals surface area contributed by atoms with Crippen molar-refractivity contribution in [1.82, 2.24) is 10.2 Å². The minimum absolute atomic E-state index is 0. The van der Waals surface area contributed by atoms with Gasteiger partial charge in [0.15, 0.2) is 17.5 Å². The molecule has 0 aliphatic carbocycles. The van der Waals surface area contributed by atoms with Crippen molar-refractivity contribution in [3.05, 3.63) is 53.1 Å². The fraction of sp³-hybridized carbons (Fsp3) is 0.435. The van der Waals surface area contributed by atoms with Crippen molar-refractivity contribution in [2.24, 2.45) is 4.99 Å². The number of aliphatic hydroxyl groups excluding tert-OH is 1. The first-order chi connectivity index (χ1) is 14.6. The molecule has 7 nitrogen and oxygen atoms in total. The van der Waals surface area contributed by atoms with E-state index in [4.69, 9.17) is 19.2 Å². The number of nitrogens with one attached hydrogen (secondary N) is 1. The summed E-state index contributed by atoms with van der Waals surface area (Å²) in [5.74, 6) is 3.05. The highest BCUT2D eigenvalue weighted by Crippen LogP contribution is 2.33. The van der Waals surface area contributed by atoms with Crippen molar-refractivity contribution in [3.63, 3.8) is 0 Å². The highest BCUT2D eigenvalue weighted by atomic mass is 127. The van der Waals surface area contributed by atoms with Crippen LogP contribution in [0.25, 0.3) is 0 Å². The summed E-state index contributed by atoms with van der Waals surface area (Å²) < 4.78 is 16.1. The lowest BCUT2D eigenvalue weighted by molar-refractivity contribution is 0.186. The maximum absolute atomic E-state index is 10.6. The second-order valence-electron chi connectivity index (χ2n) is 7.13. The minimum Gasteiger partial charge on any atom is -0.497 e. The number of methoxy groups -OCH3 is 3.